The molecule has 0 saturated heterocycles. The fraction of sp³-hybridized carbons (Fsp3) is 0.500. The number of carboxylic acid groups (broad SMARTS) is 1. The van der Waals surface area contributed by atoms with Crippen molar-refractivity contribution in [2.24, 2.45) is 0 Å². The second kappa shape index (κ2) is 5.82. The predicted octanol–water partition coefficient (Wildman–Crippen LogP) is 2.77. The van der Waals surface area contributed by atoms with Crippen molar-refractivity contribution >= 4 is 5.97 Å². The molecule has 0 fully saturated rings. The summed E-state index contributed by atoms with van der Waals surface area (Å²) in [6.45, 7) is 6.86. The molecule has 0 heterocycles. The molecule has 1 aromatic carbocycles. The number of nitrogens with zero attached hydrogens (tertiary/aromatic N) is 1. The molecule has 0 radical (unpaired) electrons. The van der Waals surface area contributed by atoms with Gasteiger partial charge in [0, 0.05) is 12.6 Å². The molecule has 3 nitrogen and oxygen atoms in total. The molecule has 1 aromatic rings. The summed E-state index contributed by atoms with van der Waals surface area (Å²) in [5.41, 5.74) is 3.79. The second-order valence-corrected chi connectivity index (χ2v) is 4.66. The molecule has 1 atom stereocenters. The molecule has 17 heavy (non-hydrogen) atoms. The van der Waals surface area contributed by atoms with Crippen LogP contribution in [0.3, 0.4) is 0 Å². The van der Waals surface area contributed by atoms with Gasteiger partial charge in [0.15, 0.2) is 0 Å². The van der Waals surface area contributed by atoms with Gasteiger partial charge in [0.1, 0.15) is 0 Å². The quantitative estimate of drug-likeness (QED) is 0.853. The van der Waals surface area contributed by atoms with Crippen LogP contribution in [-0.4, -0.2) is 29.6 Å². The molecule has 0 aliphatic carbocycles. The summed E-state index contributed by atoms with van der Waals surface area (Å²) in [7, 11) is 1.97. The first kappa shape index (κ1) is 13.7. The minimum atomic E-state index is -0.746. The number of carbonyl (C=O) groups is 1. The fourth-order valence-electron chi connectivity index (χ4n) is 2.00. The van der Waals surface area contributed by atoms with Crippen LogP contribution in [0.5, 0.6) is 0 Å². The van der Waals surface area contributed by atoms with Crippen molar-refractivity contribution in [2.75, 3.05) is 13.6 Å². The van der Waals surface area contributed by atoms with E-state index in [0.717, 1.165) is 0 Å². The Kier molecular flexibility index (Phi) is 4.70. The molecule has 0 aliphatic rings. The van der Waals surface area contributed by atoms with Gasteiger partial charge in [-0.3, -0.25) is 9.69 Å². The zero-order chi connectivity index (χ0) is 13.0. The van der Waals surface area contributed by atoms with E-state index in [1.165, 1.54) is 16.7 Å². The normalized spacial score (nSPS) is 12.8. The summed E-state index contributed by atoms with van der Waals surface area (Å²) < 4.78 is 0. The van der Waals surface area contributed by atoms with E-state index in [2.05, 4.69) is 43.9 Å². The van der Waals surface area contributed by atoms with Crippen LogP contribution in [-0.2, 0) is 4.79 Å². The first-order chi connectivity index (χ1) is 7.91. The maximum atomic E-state index is 10.5. The van der Waals surface area contributed by atoms with Crippen molar-refractivity contribution in [1.29, 1.82) is 0 Å². The highest BCUT2D eigenvalue weighted by atomic mass is 16.4. The smallest absolute Gasteiger partial charge is 0.304 e. The summed E-state index contributed by atoms with van der Waals surface area (Å²) in [6.07, 6.45) is 0.186. The lowest BCUT2D eigenvalue weighted by molar-refractivity contribution is -0.137. The first-order valence-corrected chi connectivity index (χ1v) is 5.91. The fourth-order valence-corrected chi connectivity index (χ4v) is 2.00. The lowest BCUT2D eigenvalue weighted by atomic mass is 9.99. The van der Waals surface area contributed by atoms with E-state index in [4.69, 9.17) is 5.11 Å². The number of hydrogen-bond donors (Lipinski definition) is 1. The number of hydrogen-bond acceptors (Lipinski definition) is 2. The molecule has 3 heteroatoms. The third-order valence-corrected chi connectivity index (χ3v) is 3.21. The number of aryl methyl sites for hydroxylation is 2. The molecule has 1 rings (SSSR count). The Balaban J connectivity index is 2.74. The van der Waals surface area contributed by atoms with Crippen LogP contribution in [0, 0.1) is 13.8 Å². The largest absolute Gasteiger partial charge is 0.481 e. The minimum absolute atomic E-state index is 0.186. The maximum absolute atomic E-state index is 10.5. The van der Waals surface area contributed by atoms with Crippen LogP contribution >= 0.6 is 0 Å². The van der Waals surface area contributed by atoms with Crippen LogP contribution in [0.1, 0.15) is 36.1 Å². The summed E-state index contributed by atoms with van der Waals surface area (Å²) in [6, 6.07) is 6.64. The van der Waals surface area contributed by atoms with Gasteiger partial charge in [-0.1, -0.05) is 23.8 Å². The molecule has 0 saturated carbocycles. The van der Waals surface area contributed by atoms with Gasteiger partial charge in [0.25, 0.3) is 0 Å². The average Bonchev–Trinajstić information content (AvgIpc) is 2.25. The lowest BCUT2D eigenvalue weighted by Gasteiger charge is -2.26. The van der Waals surface area contributed by atoms with Gasteiger partial charge in [0.05, 0.1) is 6.42 Å². The van der Waals surface area contributed by atoms with Gasteiger partial charge in [0.2, 0.25) is 0 Å². The van der Waals surface area contributed by atoms with E-state index >= 15 is 0 Å². The SMILES string of the molecule is Cc1ccc(C(C)N(C)CCC(=O)O)c(C)c1. The van der Waals surface area contributed by atoms with Gasteiger partial charge in [-0.05, 0) is 38.9 Å². The number of carboxylic acids is 1. The number of benzene rings is 1. The van der Waals surface area contributed by atoms with E-state index in [1.807, 2.05) is 7.05 Å². The Bertz CT molecular complexity index is 401. The molecule has 1 unspecified atom stereocenters. The average molecular weight is 235 g/mol. The van der Waals surface area contributed by atoms with Crippen LogP contribution in [0.4, 0.5) is 0 Å². The zero-order valence-electron chi connectivity index (χ0n) is 11.0. The molecule has 94 valence electrons. The van der Waals surface area contributed by atoms with Crippen molar-refractivity contribution in [1.82, 2.24) is 4.90 Å². The molecule has 0 amide bonds. The van der Waals surface area contributed by atoms with Crippen LogP contribution < -0.4 is 0 Å². The molecular formula is C14H21NO2. The number of aliphatic carboxylic acids is 1. The van der Waals surface area contributed by atoms with E-state index < -0.39 is 5.97 Å². The maximum Gasteiger partial charge on any atom is 0.304 e. The van der Waals surface area contributed by atoms with E-state index in [0.29, 0.717) is 6.54 Å². The van der Waals surface area contributed by atoms with Crippen LogP contribution in [0.2, 0.25) is 0 Å². The van der Waals surface area contributed by atoms with Crippen molar-refractivity contribution in [3.63, 3.8) is 0 Å². The lowest BCUT2D eigenvalue weighted by Crippen LogP contribution is -2.25. The van der Waals surface area contributed by atoms with E-state index in [-0.39, 0.29) is 12.5 Å². The highest BCUT2D eigenvalue weighted by molar-refractivity contribution is 5.66. The molecule has 0 spiro atoms. The van der Waals surface area contributed by atoms with Gasteiger partial charge < -0.3 is 5.11 Å². The Hall–Kier alpha value is -1.35. The van der Waals surface area contributed by atoms with Gasteiger partial charge in [-0.25, -0.2) is 0 Å². The Morgan fingerprint density at radius 3 is 2.59 bits per heavy atom. The summed E-state index contributed by atoms with van der Waals surface area (Å²) in [5, 5.41) is 8.68. The van der Waals surface area contributed by atoms with Crippen LogP contribution in [0.15, 0.2) is 18.2 Å². The molecule has 0 aromatic heterocycles. The van der Waals surface area contributed by atoms with Crippen molar-refractivity contribution in [3.05, 3.63) is 34.9 Å². The summed E-state index contributed by atoms with van der Waals surface area (Å²) in [4.78, 5) is 12.6. The Morgan fingerprint density at radius 2 is 2.06 bits per heavy atom. The molecule has 1 N–H and O–H groups in total. The molecule has 0 bridgehead atoms. The summed E-state index contributed by atoms with van der Waals surface area (Å²) in [5.74, 6) is -0.746. The highest BCUT2D eigenvalue weighted by Gasteiger charge is 2.14. The standard InChI is InChI=1S/C14H21NO2/c1-10-5-6-13(11(2)9-10)12(3)15(4)8-7-14(16)17/h5-6,9,12H,7-8H2,1-4H3,(H,16,17). The van der Waals surface area contributed by atoms with Crippen molar-refractivity contribution in [2.45, 2.75) is 33.2 Å². The molecule has 0 aliphatic heterocycles. The first-order valence-electron chi connectivity index (χ1n) is 5.91. The third kappa shape index (κ3) is 3.86. The van der Waals surface area contributed by atoms with Crippen molar-refractivity contribution < 1.29 is 9.90 Å². The minimum Gasteiger partial charge on any atom is -0.481 e. The Morgan fingerprint density at radius 1 is 1.41 bits per heavy atom. The number of rotatable bonds is 5. The van der Waals surface area contributed by atoms with Gasteiger partial charge in [-0.15, -0.1) is 0 Å². The summed E-state index contributed by atoms with van der Waals surface area (Å²) >= 11 is 0. The zero-order valence-corrected chi connectivity index (χ0v) is 11.0. The van der Waals surface area contributed by atoms with Gasteiger partial charge in [-0.2, -0.15) is 0 Å². The Labute approximate surface area is 103 Å². The van der Waals surface area contributed by atoms with E-state index in [9.17, 15) is 4.79 Å². The predicted molar refractivity (Wildman–Crippen MR) is 69.2 cm³/mol. The highest BCUT2D eigenvalue weighted by Crippen LogP contribution is 2.23. The monoisotopic (exact) mass is 235 g/mol. The molecular weight excluding hydrogens is 214 g/mol. The van der Waals surface area contributed by atoms with Crippen LogP contribution in [0.25, 0.3) is 0 Å². The van der Waals surface area contributed by atoms with Crippen molar-refractivity contribution in [3.8, 4) is 0 Å². The topological polar surface area (TPSA) is 40.5 Å². The second-order valence-electron chi connectivity index (χ2n) is 4.66. The van der Waals surface area contributed by atoms with Gasteiger partial charge >= 0.3 is 5.97 Å². The van der Waals surface area contributed by atoms with E-state index in [1.54, 1.807) is 0 Å². The third-order valence-electron chi connectivity index (χ3n) is 3.21.